The predicted molar refractivity (Wildman–Crippen MR) is 117 cm³/mol. The van der Waals surface area contributed by atoms with Crippen molar-refractivity contribution in [1.29, 1.82) is 0 Å². The maximum atomic E-state index is 13.8. The van der Waals surface area contributed by atoms with Crippen molar-refractivity contribution < 1.29 is 22.7 Å². The first-order valence-corrected chi connectivity index (χ1v) is 10.9. The topological polar surface area (TPSA) is 91.9 Å². The first-order valence-electron chi connectivity index (χ1n) is 10.1. The minimum absolute atomic E-state index is 0.0295. The number of hydrogen-bond donors (Lipinski definition) is 3. The highest BCUT2D eigenvalue weighted by Gasteiger charge is 2.36. The Bertz CT molecular complexity index is 1140. The molecule has 3 heterocycles. The summed E-state index contributed by atoms with van der Waals surface area (Å²) < 4.78 is 46.5. The number of methoxy groups -OCH3 is 1. The lowest BCUT2D eigenvalue weighted by Crippen LogP contribution is -2.31. The molecule has 0 unspecified atom stereocenters. The highest BCUT2D eigenvalue weighted by molar-refractivity contribution is 9.10. The zero-order chi connectivity index (χ0) is 22.9. The minimum atomic E-state index is -4.63. The fourth-order valence-corrected chi connectivity index (χ4v) is 4.44. The molecule has 0 bridgehead atoms. The number of benzene rings is 1. The molecule has 1 aliphatic heterocycles. The predicted octanol–water partition coefficient (Wildman–Crippen LogP) is 4.75. The van der Waals surface area contributed by atoms with Gasteiger partial charge in [0.2, 0.25) is 5.95 Å². The number of rotatable bonds is 4. The van der Waals surface area contributed by atoms with Gasteiger partial charge in [-0.3, -0.25) is 0 Å². The summed E-state index contributed by atoms with van der Waals surface area (Å²) in [6, 6.07) is 3.10. The Morgan fingerprint density at radius 3 is 2.88 bits per heavy atom. The van der Waals surface area contributed by atoms with Crippen molar-refractivity contribution >= 4 is 38.8 Å². The molecule has 1 atom stereocenters. The van der Waals surface area contributed by atoms with E-state index in [-0.39, 0.29) is 28.8 Å². The van der Waals surface area contributed by atoms with Crippen LogP contribution >= 0.6 is 15.9 Å². The normalized spacial score (nSPS) is 17.2. The highest BCUT2D eigenvalue weighted by atomic mass is 79.9. The van der Waals surface area contributed by atoms with E-state index in [0.717, 1.165) is 32.0 Å². The molecule has 2 aromatic heterocycles. The molecule has 0 radical (unpaired) electrons. The van der Waals surface area contributed by atoms with Gasteiger partial charge in [0, 0.05) is 35.9 Å². The molecule has 1 saturated heterocycles. The summed E-state index contributed by atoms with van der Waals surface area (Å²) in [7, 11) is 1.26. The number of anilines is 1. The standard InChI is InChI=1S/C21H21BrF3N5O2/c1-32-19(31)13-6-5-12-14(9-27-18(12)16(13)22)17-15(21(23,24)25)10-28-20(30-17)29-11-4-2-3-7-26-8-11/h5-6,9-11,26-27H,2-4,7-8H2,1H3,(H,28,29,30)/t11-/m0/s1. The van der Waals surface area contributed by atoms with Gasteiger partial charge in [0.1, 0.15) is 5.56 Å². The molecule has 0 saturated carbocycles. The fourth-order valence-electron chi connectivity index (χ4n) is 3.82. The molecule has 32 heavy (non-hydrogen) atoms. The van der Waals surface area contributed by atoms with Crippen molar-refractivity contribution in [2.75, 3.05) is 25.5 Å². The lowest BCUT2D eigenvalue weighted by molar-refractivity contribution is -0.137. The Balaban J connectivity index is 1.79. The highest BCUT2D eigenvalue weighted by Crippen LogP contribution is 2.40. The first kappa shape index (κ1) is 22.5. The minimum Gasteiger partial charge on any atom is -0.465 e. The average Bonchev–Trinajstić information content (AvgIpc) is 3.03. The van der Waals surface area contributed by atoms with Crippen LogP contribution in [0.15, 0.2) is 29.0 Å². The summed E-state index contributed by atoms with van der Waals surface area (Å²) in [6.45, 7) is 1.60. The number of nitrogens with zero attached hydrogens (tertiary/aromatic N) is 2. The third-order valence-corrected chi connectivity index (χ3v) is 6.25. The van der Waals surface area contributed by atoms with Crippen LogP contribution in [0.1, 0.15) is 35.2 Å². The second-order valence-corrected chi connectivity index (χ2v) is 8.33. The molecule has 1 aromatic carbocycles. The fraction of sp³-hybridized carbons (Fsp3) is 0.381. The number of carbonyl (C=O) groups is 1. The van der Waals surface area contributed by atoms with E-state index < -0.39 is 17.7 Å². The number of ether oxygens (including phenoxy) is 1. The Morgan fingerprint density at radius 2 is 2.12 bits per heavy atom. The summed E-state index contributed by atoms with van der Waals surface area (Å²) in [5, 5.41) is 6.94. The van der Waals surface area contributed by atoms with Crippen LogP contribution in [0, 0.1) is 0 Å². The van der Waals surface area contributed by atoms with Gasteiger partial charge in [-0.2, -0.15) is 13.2 Å². The first-order chi connectivity index (χ1) is 15.3. The third kappa shape index (κ3) is 4.44. The van der Waals surface area contributed by atoms with Crippen LogP contribution in [-0.2, 0) is 10.9 Å². The Hall–Kier alpha value is -2.66. The van der Waals surface area contributed by atoms with Gasteiger partial charge >= 0.3 is 12.1 Å². The third-order valence-electron chi connectivity index (χ3n) is 5.43. The van der Waals surface area contributed by atoms with E-state index in [1.807, 2.05) is 0 Å². The summed E-state index contributed by atoms with van der Waals surface area (Å²) in [5.41, 5.74) is -0.182. The number of H-pyrrole nitrogens is 1. The molecule has 11 heteroatoms. The molecule has 0 spiro atoms. The van der Waals surface area contributed by atoms with E-state index in [2.05, 4.69) is 41.5 Å². The van der Waals surface area contributed by atoms with Gasteiger partial charge in [0.25, 0.3) is 0 Å². The van der Waals surface area contributed by atoms with Gasteiger partial charge in [-0.15, -0.1) is 0 Å². The van der Waals surface area contributed by atoms with Gasteiger partial charge in [0.05, 0.1) is 28.4 Å². The summed E-state index contributed by atoms with van der Waals surface area (Å²) in [6.07, 6.45) is 0.566. The van der Waals surface area contributed by atoms with Gasteiger partial charge in [-0.1, -0.05) is 12.5 Å². The van der Waals surface area contributed by atoms with Crippen LogP contribution in [-0.4, -0.2) is 47.2 Å². The van der Waals surface area contributed by atoms with Crippen LogP contribution < -0.4 is 10.6 Å². The van der Waals surface area contributed by atoms with Gasteiger partial charge in [-0.25, -0.2) is 14.8 Å². The lowest BCUT2D eigenvalue weighted by atomic mass is 10.0. The molecule has 170 valence electrons. The number of aromatic nitrogens is 3. The van der Waals surface area contributed by atoms with E-state index >= 15 is 0 Å². The number of halogens is 4. The largest absolute Gasteiger partial charge is 0.465 e. The molecule has 4 rings (SSSR count). The number of hydrogen-bond acceptors (Lipinski definition) is 6. The Morgan fingerprint density at radius 1 is 1.31 bits per heavy atom. The van der Waals surface area contributed by atoms with Crippen LogP contribution in [0.25, 0.3) is 22.2 Å². The van der Waals surface area contributed by atoms with Crippen molar-refractivity contribution in [1.82, 2.24) is 20.3 Å². The maximum Gasteiger partial charge on any atom is 0.419 e. The van der Waals surface area contributed by atoms with Crippen molar-refractivity contribution in [2.24, 2.45) is 0 Å². The molecule has 3 N–H and O–H groups in total. The van der Waals surface area contributed by atoms with E-state index in [1.54, 1.807) is 6.07 Å². The second kappa shape index (κ2) is 9.07. The number of aromatic amines is 1. The lowest BCUT2D eigenvalue weighted by Gasteiger charge is -2.18. The van der Waals surface area contributed by atoms with Crippen LogP contribution in [0.3, 0.4) is 0 Å². The molecule has 0 amide bonds. The number of fused-ring (bicyclic) bond motifs is 1. The summed E-state index contributed by atoms with van der Waals surface area (Å²) in [5.74, 6) is -0.419. The Labute approximate surface area is 190 Å². The van der Waals surface area contributed by atoms with Crippen molar-refractivity contribution in [3.63, 3.8) is 0 Å². The van der Waals surface area contributed by atoms with Crippen molar-refractivity contribution in [3.8, 4) is 11.3 Å². The van der Waals surface area contributed by atoms with Crippen LogP contribution in [0.4, 0.5) is 19.1 Å². The zero-order valence-corrected chi connectivity index (χ0v) is 18.7. The number of esters is 1. The van der Waals surface area contributed by atoms with Crippen LogP contribution in [0.2, 0.25) is 0 Å². The Kier molecular flexibility index (Phi) is 6.38. The molecule has 1 fully saturated rings. The van der Waals surface area contributed by atoms with E-state index in [0.29, 0.717) is 21.9 Å². The molecule has 7 nitrogen and oxygen atoms in total. The summed E-state index contributed by atoms with van der Waals surface area (Å²) >= 11 is 3.35. The monoisotopic (exact) mass is 511 g/mol. The van der Waals surface area contributed by atoms with Gasteiger partial charge in [-0.05, 0) is 41.4 Å². The molecule has 1 aliphatic rings. The van der Waals surface area contributed by atoms with Gasteiger partial charge < -0.3 is 20.4 Å². The molecular formula is C21H21BrF3N5O2. The maximum absolute atomic E-state index is 13.8. The number of alkyl halides is 3. The second-order valence-electron chi connectivity index (χ2n) is 7.54. The van der Waals surface area contributed by atoms with E-state index in [4.69, 9.17) is 4.74 Å². The molecule has 0 aliphatic carbocycles. The van der Waals surface area contributed by atoms with Crippen molar-refractivity contribution in [3.05, 3.63) is 40.1 Å². The van der Waals surface area contributed by atoms with E-state index in [1.165, 1.54) is 19.4 Å². The molecular weight excluding hydrogens is 491 g/mol. The van der Waals surface area contributed by atoms with Crippen LogP contribution in [0.5, 0.6) is 0 Å². The quantitative estimate of drug-likeness (QED) is 0.438. The van der Waals surface area contributed by atoms with Crippen molar-refractivity contribution in [2.45, 2.75) is 31.5 Å². The zero-order valence-electron chi connectivity index (χ0n) is 17.1. The SMILES string of the molecule is COC(=O)c1ccc2c(-c3nc(N[C@H]4CCCCNC4)ncc3C(F)(F)F)c[nH]c2c1Br. The van der Waals surface area contributed by atoms with Gasteiger partial charge in [0.15, 0.2) is 0 Å². The molecule has 3 aromatic rings. The average molecular weight is 512 g/mol. The number of nitrogens with one attached hydrogen (secondary N) is 3. The number of carbonyl (C=O) groups excluding carboxylic acids is 1. The smallest absolute Gasteiger partial charge is 0.419 e. The summed E-state index contributed by atoms with van der Waals surface area (Å²) in [4.78, 5) is 23.1. The van der Waals surface area contributed by atoms with E-state index in [9.17, 15) is 18.0 Å².